The van der Waals surface area contributed by atoms with E-state index in [1.165, 1.54) is 0 Å². The number of ether oxygens (including phenoxy) is 2. The highest BCUT2D eigenvalue weighted by molar-refractivity contribution is 6.00. The molecule has 1 aliphatic carbocycles. The zero-order chi connectivity index (χ0) is 13.5. The minimum atomic E-state index is -1.09. The maximum absolute atomic E-state index is 11.8. The number of Topliss-reactive ketones (excluding diaryl/α,β-unsaturated/α-hetero) is 1. The van der Waals surface area contributed by atoms with Crippen molar-refractivity contribution in [3.8, 4) is 0 Å². The maximum atomic E-state index is 11.8. The van der Waals surface area contributed by atoms with E-state index in [-0.39, 0.29) is 19.0 Å². The van der Waals surface area contributed by atoms with Gasteiger partial charge in [0.15, 0.2) is 5.92 Å². The van der Waals surface area contributed by atoms with Crippen molar-refractivity contribution < 1.29 is 23.9 Å². The van der Waals surface area contributed by atoms with Crippen molar-refractivity contribution in [2.75, 3.05) is 13.2 Å². The fraction of sp³-hybridized carbons (Fsp3) is 0.769. The van der Waals surface area contributed by atoms with Gasteiger partial charge in [-0.15, -0.1) is 0 Å². The number of carbonyl (C=O) groups excluding carboxylic acids is 3. The van der Waals surface area contributed by atoms with Crippen molar-refractivity contribution in [1.29, 1.82) is 0 Å². The number of carbonyl (C=O) groups is 3. The molecule has 0 N–H and O–H groups in total. The third-order valence-corrected chi connectivity index (χ3v) is 3.09. The molecule has 0 aromatic heterocycles. The molecule has 102 valence electrons. The van der Waals surface area contributed by atoms with Crippen LogP contribution in [0.3, 0.4) is 0 Å². The quantitative estimate of drug-likeness (QED) is 0.550. The van der Waals surface area contributed by atoms with E-state index in [2.05, 4.69) is 0 Å². The van der Waals surface area contributed by atoms with Gasteiger partial charge >= 0.3 is 11.9 Å². The van der Waals surface area contributed by atoms with Gasteiger partial charge in [-0.25, -0.2) is 0 Å². The molecular weight excluding hydrogens is 236 g/mol. The molecule has 0 aliphatic heterocycles. The smallest absolute Gasteiger partial charge is 0.321 e. The summed E-state index contributed by atoms with van der Waals surface area (Å²) < 4.78 is 9.76. The highest BCUT2D eigenvalue weighted by Gasteiger charge is 2.41. The van der Waals surface area contributed by atoms with Crippen LogP contribution in [0.1, 0.15) is 39.5 Å². The molecular formula is C13H20O5. The molecule has 0 unspecified atom stereocenters. The average Bonchev–Trinajstić information content (AvgIpc) is 2.33. The molecule has 0 radical (unpaired) electrons. The van der Waals surface area contributed by atoms with Crippen LogP contribution in [0.5, 0.6) is 0 Å². The van der Waals surface area contributed by atoms with Gasteiger partial charge in [-0.2, -0.15) is 0 Å². The van der Waals surface area contributed by atoms with Gasteiger partial charge < -0.3 is 9.47 Å². The zero-order valence-electron chi connectivity index (χ0n) is 10.9. The lowest BCUT2D eigenvalue weighted by Gasteiger charge is -2.26. The van der Waals surface area contributed by atoms with Crippen molar-refractivity contribution in [1.82, 2.24) is 0 Å². The van der Waals surface area contributed by atoms with Gasteiger partial charge in [0.2, 0.25) is 0 Å². The molecule has 1 aliphatic rings. The summed E-state index contributed by atoms with van der Waals surface area (Å²) in [4.78, 5) is 35.5. The first-order valence-electron chi connectivity index (χ1n) is 6.47. The van der Waals surface area contributed by atoms with Gasteiger partial charge in [0, 0.05) is 12.3 Å². The molecule has 0 aromatic carbocycles. The van der Waals surface area contributed by atoms with Gasteiger partial charge in [-0.05, 0) is 26.7 Å². The van der Waals surface area contributed by atoms with E-state index in [4.69, 9.17) is 9.47 Å². The first-order valence-corrected chi connectivity index (χ1v) is 6.47. The summed E-state index contributed by atoms with van der Waals surface area (Å²) in [6.07, 6.45) is 2.67. The lowest BCUT2D eigenvalue weighted by molar-refractivity contribution is -0.167. The Hall–Kier alpha value is -1.39. The Labute approximate surface area is 107 Å². The SMILES string of the molecule is CCOC(=O)C(C(=O)OCC)[C@@H]1CCCCC1=O. The molecule has 0 amide bonds. The maximum Gasteiger partial charge on any atom is 0.321 e. The van der Waals surface area contributed by atoms with Gasteiger partial charge in [0.05, 0.1) is 13.2 Å². The first-order chi connectivity index (χ1) is 8.61. The van der Waals surface area contributed by atoms with E-state index in [1.54, 1.807) is 13.8 Å². The van der Waals surface area contributed by atoms with Gasteiger partial charge in [0.25, 0.3) is 0 Å². The second-order valence-electron chi connectivity index (χ2n) is 4.30. The molecule has 0 saturated heterocycles. The number of rotatable bonds is 5. The van der Waals surface area contributed by atoms with Gasteiger partial charge in [-0.3, -0.25) is 14.4 Å². The fourth-order valence-corrected chi connectivity index (χ4v) is 2.25. The highest BCUT2D eigenvalue weighted by atomic mass is 16.6. The Morgan fingerprint density at radius 1 is 1.17 bits per heavy atom. The molecule has 0 aromatic rings. The Morgan fingerprint density at radius 2 is 1.72 bits per heavy atom. The van der Waals surface area contributed by atoms with Crippen LogP contribution < -0.4 is 0 Å². The van der Waals surface area contributed by atoms with E-state index in [9.17, 15) is 14.4 Å². The van der Waals surface area contributed by atoms with Crippen LogP contribution in [0.2, 0.25) is 0 Å². The summed E-state index contributed by atoms with van der Waals surface area (Å²) in [6, 6.07) is 0. The van der Waals surface area contributed by atoms with Crippen LogP contribution in [-0.4, -0.2) is 30.9 Å². The molecule has 0 heterocycles. The molecule has 1 atom stereocenters. The minimum Gasteiger partial charge on any atom is -0.465 e. The van der Waals surface area contributed by atoms with Crippen LogP contribution in [0.4, 0.5) is 0 Å². The number of hydrogen-bond acceptors (Lipinski definition) is 5. The predicted octanol–water partition coefficient (Wildman–Crippen LogP) is 1.49. The summed E-state index contributed by atoms with van der Waals surface area (Å²) >= 11 is 0. The molecule has 1 saturated carbocycles. The molecule has 0 bridgehead atoms. The third kappa shape index (κ3) is 3.55. The Morgan fingerprint density at radius 3 is 2.17 bits per heavy atom. The molecule has 1 fully saturated rings. The largest absolute Gasteiger partial charge is 0.465 e. The number of esters is 2. The molecule has 1 rings (SSSR count). The summed E-state index contributed by atoms with van der Waals surface area (Å²) in [5.41, 5.74) is 0. The van der Waals surface area contributed by atoms with E-state index in [0.29, 0.717) is 12.8 Å². The normalized spacial score (nSPS) is 19.7. The predicted molar refractivity (Wildman–Crippen MR) is 63.7 cm³/mol. The minimum absolute atomic E-state index is 0.0349. The molecule has 5 nitrogen and oxygen atoms in total. The average molecular weight is 256 g/mol. The fourth-order valence-electron chi connectivity index (χ4n) is 2.25. The van der Waals surface area contributed by atoms with E-state index < -0.39 is 23.8 Å². The second-order valence-corrected chi connectivity index (χ2v) is 4.30. The lowest BCUT2D eigenvalue weighted by atomic mass is 9.79. The summed E-state index contributed by atoms with van der Waals surface area (Å²) in [6.45, 7) is 3.72. The Kier molecular flexibility index (Phi) is 5.82. The van der Waals surface area contributed by atoms with Crippen molar-refractivity contribution in [2.45, 2.75) is 39.5 Å². The van der Waals surface area contributed by atoms with E-state index >= 15 is 0 Å². The van der Waals surface area contributed by atoms with Gasteiger partial charge in [0.1, 0.15) is 5.78 Å². The molecule has 5 heteroatoms. The second kappa shape index (κ2) is 7.13. The number of hydrogen-bond donors (Lipinski definition) is 0. The van der Waals surface area contributed by atoms with Gasteiger partial charge in [-0.1, -0.05) is 6.42 Å². The monoisotopic (exact) mass is 256 g/mol. The van der Waals surface area contributed by atoms with Crippen LogP contribution in [0, 0.1) is 11.8 Å². The van der Waals surface area contributed by atoms with Crippen molar-refractivity contribution in [2.24, 2.45) is 11.8 Å². The standard InChI is InChI=1S/C13H20O5/c1-3-17-12(15)11(13(16)18-4-2)9-7-5-6-8-10(9)14/h9,11H,3-8H2,1-2H3/t9-/m1/s1. The van der Waals surface area contributed by atoms with Crippen LogP contribution in [-0.2, 0) is 23.9 Å². The lowest BCUT2D eigenvalue weighted by Crippen LogP contribution is -2.39. The summed E-state index contributed by atoms with van der Waals surface area (Å²) in [5.74, 6) is -2.98. The highest BCUT2D eigenvalue weighted by Crippen LogP contribution is 2.29. The van der Waals surface area contributed by atoms with Crippen LogP contribution in [0.25, 0.3) is 0 Å². The zero-order valence-corrected chi connectivity index (χ0v) is 10.9. The Balaban J connectivity index is 2.84. The Bertz CT molecular complexity index is 305. The summed E-state index contributed by atoms with van der Waals surface area (Å²) in [7, 11) is 0. The van der Waals surface area contributed by atoms with Crippen LogP contribution >= 0.6 is 0 Å². The third-order valence-electron chi connectivity index (χ3n) is 3.09. The topological polar surface area (TPSA) is 69.7 Å². The molecule has 18 heavy (non-hydrogen) atoms. The first kappa shape index (κ1) is 14.7. The van der Waals surface area contributed by atoms with E-state index in [1.807, 2.05) is 0 Å². The summed E-state index contributed by atoms with van der Waals surface area (Å²) in [5, 5.41) is 0. The number of ketones is 1. The van der Waals surface area contributed by atoms with E-state index in [0.717, 1.165) is 12.8 Å². The van der Waals surface area contributed by atoms with Crippen molar-refractivity contribution in [3.05, 3.63) is 0 Å². The van der Waals surface area contributed by atoms with Crippen molar-refractivity contribution >= 4 is 17.7 Å². The van der Waals surface area contributed by atoms with Crippen LogP contribution in [0.15, 0.2) is 0 Å². The molecule has 0 spiro atoms. The van der Waals surface area contributed by atoms with Crippen molar-refractivity contribution in [3.63, 3.8) is 0 Å².